The predicted octanol–water partition coefficient (Wildman–Crippen LogP) is 3.39. The van der Waals surface area contributed by atoms with Crippen molar-refractivity contribution in [1.82, 2.24) is 9.55 Å². The third-order valence-corrected chi connectivity index (χ3v) is 5.25. The van der Waals surface area contributed by atoms with Crippen LogP contribution in [0, 0.1) is 0 Å². The molecule has 1 aliphatic heterocycles. The SMILES string of the molecule is CC1=Nc2ccccc2/C1=C/c1c(O)n(C2CCCCC2)c(=O)[nH]c1=O. The molecule has 2 aromatic rings. The summed E-state index contributed by atoms with van der Waals surface area (Å²) in [6.45, 7) is 1.87. The molecule has 134 valence electrons. The number of hydrogen-bond donors (Lipinski definition) is 2. The molecule has 1 aliphatic carbocycles. The van der Waals surface area contributed by atoms with Crippen molar-refractivity contribution in [3.8, 4) is 5.88 Å². The molecule has 1 saturated carbocycles. The molecule has 1 aromatic heterocycles. The molecule has 2 heterocycles. The van der Waals surface area contributed by atoms with Crippen LogP contribution < -0.4 is 11.2 Å². The Bertz CT molecular complexity index is 1040. The number of aromatic nitrogens is 2. The van der Waals surface area contributed by atoms with Crippen LogP contribution in [0.3, 0.4) is 0 Å². The number of fused-ring (bicyclic) bond motifs is 1. The minimum absolute atomic E-state index is 0.0733. The molecular formula is C20H21N3O3. The normalized spacial score (nSPS) is 18.8. The van der Waals surface area contributed by atoms with Crippen molar-refractivity contribution in [1.29, 1.82) is 0 Å². The molecule has 4 rings (SSSR count). The summed E-state index contributed by atoms with van der Waals surface area (Å²) in [4.78, 5) is 31.6. The van der Waals surface area contributed by atoms with Gasteiger partial charge in [-0.1, -0.05) is 37.5 Å². The van der Waals surface area contributed by atoms with Gasteiger partial charge in [-0.3, -0.25) is 19.3 Å². The van der Waals surface area contributed by atoms with Crippen molar-refractivity contribution in [2.75, 3.05) is 0 Å². The number of nitrogens with zero attached hydrogens (tertiary/aromatic N) is 2. The summed E-state index contributed by atoms with van der Waals surface area (Å²) in [6, 6.07) is 7.59. The highest BCUT2D eigenvalue weighted by Gasteiger charge is 2.24. The fourth-order valence-corrected chi connectivity index (χ4v) is 3.92. The predicted molar refractivity (Wildman–Crippen MR) is 102 cm³/mol. The van der Waals surface area contributed by atoms with E-state index in [0.29, 0.717) is 0 Å². The zero-order chi connectivity index (χ0) is 18.3. The lowest BCUT2D eigenvalue weighted by molar-refractivity contribution is 0.298. The highest BCUT2D eigenvalue weighted by Crippen LogP contribution is 2.36. The second kappa shape index (κ2) is 6.44. The highest BCUT2D eigenvalue weighted by atomic mass is 16.3. The zero-order valence-corrected chi connectivity index (χ0v) is 14.7. The minimum atomic E-state index is -0.579. The van der Waals surface area contributed by atoms with Gasteiger partial charge in [0.15, 0.2) is 0 Å². The molecule has 26 heavy (non-hydrogen) atoms. The molecule has 0 saturated heterocycles. The van der Waals surface area contributed by atoms with E-state index >= 15 is 0 Å². The van der Waals surface area contributed by atoms with Crippen molar-refractivity contribution in [3.05, 3.63) is 56.2 Å². The van der Waals surface area contributed by atoms with Crippen LogP contribution in [0.15, 0.2) is 38.8 Å². The maximum Gasteiger partial charge on any atom is 0.331 e. The first-order chi connectivity index (χ1) is 12.6. The van der Waals surface area contributed by atoms with Crippen LogP contribution in [0.1, 0.15) is 56.2 Å². The van der Waals surface area contributed by atoms with E-state index in [2.05, 4.69) is 9.98 Å². The monoisotopic (exact) mass is 351 g/mol. The van der Waals surface area contributed by atoms with E-state index < -0.39 is 11.2 Å². The Labute approximate surface area is 150 Å². The molecule has 0 unspecified atom stereocenters. The molecule has 2 aliphatic rings. The van der Waals surface area contributed by atoms with Gasteiger partial charge in [0.25, 0.3) is 5.56 Å². The smallest absolute Gasteiger partial charge is 0.331 e. The topological polar surface area (TPSA) is 87.4 Å². The fourth-order valence-electron chi connectivity index (χ4n) is 3.92. The second-order valence-electron chi connectivity index (χ2n) is 6.93. The standard InChI is InChI=1S/C20H21N3O3/c1-12-15(14-9-5-6-10-17(14)21-12)11-16-18(24)22-20(26)23(19(16)25)13-7-3-2-4-8-13/h5-6,9-11,13,25H,2-4,7-8H2,1H3,(H,22,24,26)/b15-11+. The van der Waals surface area contributed by atoms with Gasteiger partial charge in [0, 0.05) is 22.9 Å². The Kier molecular flexibility index (Phi) is 4.11. The molecule has 0 radical (unpaired) electrons. The van der Waals surface area contributed by atoms with E-state index in [1.807, 2.05) is 31.2 Å². The van der Waals surface area contributed by atoms with E-state index in [1.165, 1.54) is 4.57 Å². The Morgan fingerprint density at radius 1 is 1.19 bits per heavy atom. The minimum Gasteiger partial charge on any atom is -0.494 e. The van der Waals surface area contributed by atoms with Crippen molar-refractivity contribution in [3.63, 3.8) is 0 Å². The van der Waals surface area contributed by atoms with Gasteiger partial charge >= 0.3 is 5.69 Å². The zero-order valence-electron chi connectivity index (χ0n) is 14.7. The Morgan fingerprint density at radius 2 is 1.92 bits per heavy atom. The van der Waals surface area contributed by atoms with E-state index in [9.17, 15) is 14.7 Å². The quantitative estimate of drug-likeness (QED) is 0.869. The van der Waals surface area contributed by atoms with Gasteiger partial charge in [-0.05, 0) is 31.9 Å². The fraction of sp³-hybridized carbons (Fsp3) is 0.350. The van der Waals surface area contributed by atoms with E-state index in [0.717, 1.165) is 54.6 Å². The Morgan fingerprint density at radius 3 is 2.69 bits per heavy atom. The Hall–Kier alpha value is -2.89. The first-order valence-electron chi connectivity index (χ1n) is 9.01. The molecule has 2 N–H and O–H groups in total. The summed E-state index contributed by atoms with van der Waals surface area (Å²) in [5.41, 5.74) is 2.31. The molecule has 1 fully saturated rings. The number of hydrogen-bond acceptors (Lipinski definition) is 4. The van der Waals surface area contributed by atoms with E-state index in [4.69, 9.17) is 0 Å². The molecule has 6 heteroatoms. The largest absolute Gasteiger partial charge is 0.494 e. The highest BCUT2D eigenvalue weighted by molar-refractivity contribution is 6.31. The molecule has 0 atom stereocenters. The number of nitrogens with one attached hydrogen (secondary N) is 1. The van der Waals surface area contributed by atoms with Gasteiger partial charge in [-0.25, -0.2) is 4.79 Å². The molecule has 0 spiro atoms. The molecule has 0 amide bonds. The van der Waals surface area contributed by atoms with Gasteiger partial charge in [0.05, 0.1) is 5.69 Å². The van der Waals surface area contributed by atoms with Crippen LogP contribution in [-0.4, -0.2) is 20.4 Å². The number of aliphatic imine (C=N–C) groups is 1. The van der Waals surface area contributed by atoms with Crippen molar-refractivity contribution in [2.24, 2.45) is 4.99 Å². The number of para-hydroxylation sites is 1. The maximum absolute atomic E-state index is 12.4. The number of allylic oxidation sites excluding steroid dienone is 1. The number of rotatable bonds is 2. The van der Waals surface area contributed by atoms with E-state index in [-0.39, 0.29) is 17.5 Å². The summed E-state index contributed by atoms with van der Waals surface area (Å²) in [6.07, 6.45) is 6.48. The average Bonchev–Trinajstić information content (AvgIpc) is 2.94. The number of H-pyrrole nitrogens is 1. The molecule has 6 nitrogen and oxygen atoms in total. The van der Waals surface area contributed by atoms with Crippen LogP contribution in [0.2, 0.25) is 0 Å². The summed E-state index contributed by atoms with van der Waals surface area (Å²) >= 11 is 0. The molecular weight excluding hydrogens is 330 g/mol. The van der Waals surface area contributed by atoms with Crippen molar-refractivity contribution in [2.45, 2.75) is 45.1 Å². The third kappa shape index (κ3) is 2.71. The summed E-state index contributed by atoms with van der Waals surface area (Å²) in [5.74, 6) is -0.254. The lowest BCUT2D eigenvalue weighted by atomic mass is 9.95. The van der Waals surface area contributed by atoms with E-state index in [1.54, 1.807) is 6.08 Å². The number of aromatic amines is 1. The van der Waals surface area contributed by atoms with Crippen LogP contribution in [0.4, 0.5) is 5.69 Å². The molecule has 1 aromatic carbocycles. The first kappa shape index (κ1) is 16.6. The molecule has 0 bridgehead atoms. The summed E-state index contributed by atoms with van der Waals surface area (Å²) in [5, 5.41) is 10.8. The van der Waals surface area contributed by atoms with Crippen LogP contribution >= 0.6 is 0 Å². The first-order valence-corrected chi connectivity index (χ1v) is 9.01. The Balaban J connectivity index is 1.87. The number of aromatic hydroxyl groups is 1. The lowest BCUT2D eigenvalue weighted by Crippen LogP contribution is -2.34. The van der Waals surface area contributed by atoms with Crippen molar-refractivity contribution < 1.29 is 5.11 Å². The lowest BCUT2D eigenvalue weighted by Gasteiger charge is -2.24. The van der Waals surface area contributed by atoms with Gasteiger partial charge < -0.3 is 5.11 Å². The third-order valence-electron chi connectivity index (χ3n) is 5.25. The summed E-state index contributed by atoms with van der Waals surface area (Å²) < 4.78 is 1.35. The van der Waals surface area contributed by atoms with Gasteiger partial charge in [0.2, 0.25) is 5.88 Å². The van der Waals surface area contributed by atoms with Crippen LogP contribution in [0.25, 0.3) is 11.6 Å². The van der Waals surface area contributed by atoms with Gasteiger partial charge in [0.1, 0.15) is 5.56 Å². The van der Waals surface area contributed by atoms with Crippen LogP contribution in [-0.2, 0) is 0 Å². The van der Waals surface area contributed by atoms with Crippen LogP contribution in [0.5, 0.6) is 5.88 Å². The second-order valence-corrected chi connectivity index (χ2v) is 6.93. The number of benzene rings is 1. The average molecular weight is 351 g/mol. The van der Waals surface area contributed by atoms with Crippen molar-refractivity contribution >= 4 is 23.0 Å². The van der Waals surface area contributed by atoms with Gasteiger partial charge in [-0.2, -0.15) is 0 Å². The summed E-state index contributed by atoms with van der Waals surface area (Å²) in [7, 11) is 0. The van der Waals surface area contributed by atoms with Gasteiger partial charge in [-0.15, -0.1) is 0 Å². The maximum atomic E-state index is 12.4.